The Bertz CT molecular complexity index is 857. The SMILES string of the molecule is Cc1ccc(F)c(NC(=O)c2ccc(Cn3cc(Br)cn3)o2)c1. The monoisotopic (exact) mass is 377 g/mol. The fraction of sp³-hybridized carbons (Fsp3) is 0.125. The number of nitrogens with zero attached hydrogens (tertiary/aromatic N) is 2. The maximum absolute atomic E-state index is 13.7. The Morgan fingerprint density at radius 1 is 1.39 bits per heavy atom. The second-order valence-corrected chi connectivity index (χ2v) is 5.98. The number of aryl methyl sites for hydroxylation is 1. The van der Waals surface area contributed by atoms with Crippen molar-refractivity contribution >= 4 is 27.5 Å². The van der Waals surface area contributed by atoms with Gasteiger partial charge in [-0.05, 0) is 52.7 Å². The van der Waals surface area contributed by atoms with E-state index in [0.29, 0.717) is 12.3 Å². The van der Waals surface area contributed by atoms with Crippen LogP contribution in [0, 0.1) is 12.7 Å². The number of halogens is 2. The van der Waals surface area contributed by atoms with Crippen LogP contribution in [0.2, 0.25) is 0 Å². The first-order valence-electron chi connectivity index (χ1n) is 6.85. The van der Waals surface area contributed by atoms with Crippen molar-refractivity contribution in [3.05, 3.63) is 70.1 Å². The van der Waals surface area contributed by atoms with Crippen LogP contribution in [0.25, 0.3) is 0 Å². The van der Waals surface area contributed by atoms with Crippen LogP contribution in [-0.2, 0) is 6.54 Å². The molecular weight excluding hydrogens is 365 g/mol. The Balaban J connectivity index is 1.72. The third kappa shape index (κ3) is 3.68. The first-order chi connectivity index (χ1) is 11.0. The topological polar surface area (TPSA) is 60.1 Å². The van der Waals surface area contributed by atoms with E-state index in [-0.39, 0.29) is 11.4 Å². The van der Waals surface area contributed by atoms with Gasteiger partial charge in [0.2, 0.25) is 0 Å². The van der Waals surface area contributed by atoms with E-state index in [1.807, 2.05) is 6.92 Å². The molecule has 0 bridgehead atoms. The zero-order valence-corrected chi connectivity index (χ0v) is 13.8. The molecule has 0 fully saturated rings. The molecule has 3 rings (SSSR count). The lowest BCUT2D eigenvalue weighted by atomic mass is 10.2. The maximum Gasteiger partial charge on any atom is 0.291 e. The molecule has 2 heterocycles. The Labute approximate surface area is 140 Å². The third-order valence-corrected chi connectivity index (χ3v) is 3.58. The summed E-state index contributed by atoms with van der Waals surface area (Å²) in [6, 6.07) is 7.76. The molecule has 7 heteroatoms. The average molecular weight is 378 g/mol. The summed E-state index contributed by atoms with van der Waals surface area (Å²) >= 11 is 3.31. The van der Waals surface area contributed by atoms with Gasteiger partial charge in [-0.1, -0.05) is 6.07 Å². The maximum atomic E-state index is 13.7. The molecule has 3 aromatic rings. The van der Waals surface area contributed by atoms with Crippen molar-refractivity contribution in [3.8, 4) is 0 Å². The van der Waals surface area contributed by atoms with Crippen LogP contribution in [0.5, 0.6) is 0 Å². The van der Waals surface area contributed by atoms with Gasteiger partial charge in [-0.25, -0.2) is 4.39 Å². The highest BCUT2D eigenvalue weighted by Gasteiger charge is 2.14. The number of nitrogens with one attached hydrogen (secondary N) is 1. The number of anilines is 1. The third-order valence-electron chi connectivity index (χ3n) is 3.18. The molecule has 0 unspecified atom stereocenters. The summed E-state index contributed by atoms with van der Waals surface area (Å²) in [5.74, 6) is -0.290. The van der Waals surface area contributed by atoms with Crippen molar-refractivity contribution in [2.45, 2.75) is 13.5 Å². The standard InChI is InChI=1S/C16H13BrFN3O2/c1-10-2-4-13(18)14(6-10)20-16(22)15-5-3-12(23-15)9-21-8-11(17)7-19-21/h2-8H,9H2,1H3,(H,20,22). The fourth-order valence-corrected chi connectivity index (χ4v) is 2.42. The molecule has 0 saturated carbocycles. The van der Waals surface area contributed by atoms with E-state index >= 15 is 0 Å². The van der Waals surface area contributed by atoms with Gasteiger partial charge in [0, 0.05) is 6.20 Å². The van der Waals surface area contributed by atoms with Crippen molar-refractivity contribution < 1.29 is 13.6 Å². The van der Waals surface area contributed by atoms with Crippen LogP contribution >= 0.6 is 15.9 Å². The summed E-state index contributed by atoms with van der Waals surface area (Å²) < 4.78 is 21.7. The number of rotatable bonds is 4. The van der Waals surface area contributed by atoms with Crippen LogP contribution in [0.3, 0.4) is 0 Å². The highest BCUT2D eigenvalue weighted by Crippen LogP contribution is 2.18. The number of carbonyl (C=O) groups is 1. The van der Waals surface area contributed by atoms with Gasteiger partial charge >= 0.3 is 0 Å². The number of amides is 1. The number of aromatic nitrogens is 2. The van der Waals surface area contributed by atoms with Crippen molar-refractivity contribution in [3.63, 3.8) is 0 Å². The zero-order chi connectivity index (χ0) is 16.4. The molecule has 0 aliphatic carbocycles. The Morgan fingerprint density at radius 3 is 2.96 bits per heavy atom. The van der Waals surface area contributed by atoms with Crippen LogP contribution in [0.1, 0.15) is 21.9 Å². The van der Waals surface area contributed by atoms with E-state index in [9.17, 15) is 9.18 Å². The van der Waals surface area contributed by atoms with Gasteiger partial charge in [0.15, 0.2) is 5.76 Å². The molecule has 0 atom stereocenters. The van der Waals surface area contributed by atoms with Crippen molar-refractivity contribution in [2.24, 2.45) is 0 Å². The van der Waals surface area contributed by atoms with Gasteiger partial charge in [0.25, 0.3) is 5.91 Å². The highest BCUT2D eigenvalue weighted by atomic mass is 79.9. The lowest BCUT2D eigenvalue weighted by Gasteiger charge is -2.05. The van der Waals surface area contributed by atoms with Crippen LogP contribution < -0.4 is 5.32 Å². The minimum atomic E-state index is -0.498. The molecule has 5 nitrogen and oxygen atoms in total. The molecule has 0 aliphatic rings. The van der Waals surface area contributed by atoms with E-state index in [0.717, 1.165) is 10.0 Å². The molecule has 118 valence electrons. The second kappa shape index (κ2) is 6.37. The molecule has 1 aromatic carbocycles. The highest BCUT2D eigenvalue weighted by molar-refractivity contribution is 9.10. The first-order valence-corrected chi connectivity index (χ1v) is 7.65. The summed E-state index contributed by atoms with van der Waals surface area (Å²) in [4.78, 5) is 12.1. The number of benzene rings is 1. The van der Waals surface area contributed by atoms with E-state index in [2.05, 4.69) is 26.3 Å². The van der Waals surface area contributed by atoms with Crippen molar-refractivity contribution in [1.82, 2.24) is 9.78 Å². The number of carbonyl (C=O) groups excluding carboxylic acids is 1. The second-order valence-electron chi connectivity index (χ2n) is 5.06. The molecule has 1 N–H and O–H groups in total. The number of hydrogen-bond acceptors (Lipinski definition) is 3. The first kappa shape index (κ1) is 15.5. The van der Waals surface area contributed by atoms with Crippen molar-refractivity contribution in [2.75, 3.05) is 5.32 Å². The number of hydrogen-bond donors (Lipinski definition) is 1. The molecule has 0 radical (unpaired) electrons. The van der Waals surface area contributed by atoms with Gasteiger partial charge in [-0.2, -0.15) is 5.10 Å². The smallest absolute Gasteiger partial charge is 0.291 e. The molecule has 1 amide bonds. The summed E-state index contributed by atoms with van der Waals surface area (Å²) in [5.41, 5.74) is 0.982. The van der Waals surface area contributed by atoms with E-state index in [1.165, 1.54) is 6.07 Å². The van der Waals surface area contributed by atoms with Crippen LogP contribution in [0.15, 0.2) is 51.6 Å². The lowest BCUT2D eigenvalue weighted by molar-refractivity contribution is 0.0994. The summed E-state index contributed by atoms with van der Waals surface area (Å²) in [6.07, 6.45) is 3.46. The summed E-state index contributed by atoms with van der Waals surface area (Å²) in [6.45, 7) is 2.22. The summed E-state index contributed by atoms with van der Waals surface area (Å²) in [7, 11) is 0. The minimum Gasteiger partial charge on any atom is -0.454 e. The molecule has 23 heavy (non-hydrogen) atoms. The lowest BCUT2D eigenvalue weighted by Crippen LogP contribution is -2.12. The largest absolute Gasteiger partial charge is 0.454 e. The van der Waals surface area contributed by atoms with Crippen LogP contribution in [-0.4, -0.2) is 15.7 Å². The summed E-state index contributed by atoms with van der Waals surface area (Å²) in [5, 5.41) is 6.62. The van der Waals surface area contributed by atoms with Crippen molar-refractivity contribution in [1.29, 1.82) is 0 Å². The van der Waals surface area contributed by atoms with Gasteiger partial charge in [0.05, 0.1) is 22.9 Å². The average Bonchev–Trinajstić information content (AvgIpc) is 3.13. The normalized spacial score (nSPS) is 10.7. The minimum absolute atomic E-state index is 0.118. The van der Waals surface area contributed by atoms with Gasteiger partial charge in [0.1, 0.15) is 11.6 Å². The molecule has 0 aliphatic heterocycles. The molecular formula is C16H13BrFN3O2. The predicted molar refractivity (Wildman–Crippen MR) is 86.8 cm³/mol. The van der Waals surface area contributed by atoms with Gasteiger partial charge < -0.3 is 9.73 Å². The van der Waals surface area contributed by atoms with E-state index < -0.39 is 11.7 Å². The van der Waals surface area contributed by atoms with Gasteiger partial charge in [-0.15, -0.1) is 0 Å². The molecule has 0 saturated heterocycles. The Kier molecular flexibility index (Phi) is 4.29. The zero-order valence-electron chi connectivity index (χ0n) is 12.2. The van der Waals surface area contributed by atoms with E-state index in [1.54, 1.807) is 41.3 Å². The Hall–Kier alpha value is -2.41. The molecule has 0 spiro atoms. The molecule has 2 aromatic heterocycles. The fourth-order valence-electron chi connectivity index (χ4n) is 2.09. The number of furan rings is 1. The van der Waals surface area contributed by atoms with Crippen LogP contribution in [0.4, 0.5) is 10.1 Å². The Morgan fingerprint density at radius 2 is 2.22 bits per heavy atom. The van der Waals surface area contributed by atoms with E-state index in [4.69, 9.17) is 4.42 Å². The predicted octanol–water partition coefficient (Wildman–Crippen LogP) is 3.99. The van der Waals surface area contributed by atoms with Gasteiger partial charge in [-0.3, -0.25) is 9.48 Å². The quantitative estimate of drug-likeness (QED) is 0.747.